The molecule has 1 fully saturated rings. The van der Waals surface area contributed by atoms with E-state index in [1.807, 2.05) is 0 Å². The van der Waals surface area contributed by atoms with Crippen molar-refractivity contribution in [3.63, 3.8) is 0 Å². The predicted octanol–water partition coefficient (Wildman–Crippen LogP) is 3.19. The van der Waals surface area contributed by atoms with Gasteiger partial charge in [-0.05, 0) is 25.0 Å². The number of furan rings is 1. The summed E-state index contributed by atoms with van der Waals surface area (Å²) in [7, 11) is 0. The molecule has 0 amide bonds. The van der Waals surface area contributed by atoms with Crippen LogP contribution in [-0.4, -0.2) is 14.6 Å². The maximum Gasteiger partial charge on any atom is 0.214 e. The molecule has 0 atom stereocenters. The van der Waals surface area contributed by atoms with Gasteiger partial charge in [0.05, 0.1) is 6.26 Å². The van der Waals surface area contributed by atoms with Gasteiger partial charge in [-0.15, -0.1) is 0 Å². The first kappa shape index (κ1) is 10.8. The van der Waals surface area contributed by atoms with Gasteiger partial charge in [0, 0.05) is 5.92 Å². The van der Waals surface area contributed by atoms with E-state index < -0.39 is 0 Å². The molecule has 1 aliphatic carbocycles. The minimum atomic E-state index is 0.451. The lowest BCUT2D eigenvalue weighted by Crippen LogP contribution is -2.08. The Morgan fingerprint density at radius 1 is 1.47 bits per heavy atom. The van der Waals surface area contributed by atoms with Gasteiger partial charge in [-0.2, -0.15) is 14.9 Å². The number of imidazole rings is 1. The SMILES string of the molecule is N#Cc1c(-c2ccco2)nc2sc(C3CCC3)nn12. The molecular formula is C13H10N4OS. The Morgan fingerprint density at radius 2 is 2.37 bits per heavy atom. The van der Waals surface area contributed by atoms with Crippen molar-refractivity contribution < 1.29 is 4.42 Å². The molecule has 4 rings (SSSR count). The van der Waals surface area contributed by atoms with Crippen molar-refractivity contribution >= 4 is 16.3 Å². The van der Waals surface area contributed by atoms with Crippen LogP contribution in [0.25, 0.3) is 16.4 Å². The van der Waals surface area contributed by atoms with E-state index >= 15 is 0 Å². The zero-order valence-electron chi connectivity index (χ0n) is 10.0. The quantitative estimate of drug-likeness (QED) is 0.717. The van der Waals surface area contributed by atoms with E-state index in [-0.39, 0.29) is 0 Å². The molecule has 0 aromatic carbocycles. The Morgan fingerprint density at radius 3 is 3.00 bits per heavy atom. The smallest absolute Gasteiger partial charge is 0.214 e. The zero-order valence-corrected chi connectivity index (χ0v) is 10.9. The minimum Gasteiger partial charge on any atom is -0.463 e. The molecule has 0 spiro atoms. The van der Waals surface area contributed by atoms with Crippen LogP contribution in [0.2, 0.25) is 0 Å². The van der Waals surface area contributed by atoms with E-state index in [0.29, 0.717) is 23.1 Å². The van der Waals surface area contributed by atoms with Gasteiger partial charge in [0.2, 0.25) is 4.96 Å². The average molecular weight is 270 g/mol. The molecule has 19 heavy (non-hydrogen) atoms. The van der Waals surface area contributed by atoms with Gasteiger partial charge in [-0.1, -0.05) is 17.8 Å². The highest BCUT2D eigenvalue weighted by Gasteiger charge is 2.26. The average Bonchev–Trinajstić information content (AvgIpc) is 2.98. The summed E-state index contributed by atoms with van der Waals surface area (Å²) in [5.74, 6) is 1.17. The number of rotatable bonds is 2. The van der Waals surface area contributed by atoms with E-state index in [9.17, 15) is 5.26 Å². The largest absolute Gasteiger partial charge is 0.463 e. The fourth-order valence-electron chi connectivity index (χ4n) is 2.27. The van der Waals surface area contributed by atoms with Crippen LogP contribution in [0.4, 0.5) is 0 Å². The maximum absolute atomic E-state index is 9.34. The second kappa shape index (κ2) is 3.93. The van der Waals surface area contributed by atoms with Crippen molar-refractivity contribution in [3.8, 4) is 17.5 Å². The Labute approximate surface area is 113 Å². The van der Waals surface area contributed by atoms with Crippen LogP contribution in [0.1, 0.15) is 35.9 Å². The fraction of sp³-hybridized carbons (Fsp3) is 0.308. The number of fused-ring (bicyclic) bond motifs is 1. The van der Waals surface area contributed by atoms with E-state index in [4.69, 9.17) is 4.42 Å². The Balaban J connectivity index is 1.88. The molecule has 3 heterocycles. The lowest BCUT2D eigenvalue weighted by molar-refractivity contribution is 0.415. The first-order valence-electron chi connectivity index (χ1n) is 6.20. The molecule has 5 nitrogen and oxygen atoms in total. The normalized spacial score (nSPS) is 15.5. The van der Waals surface area contributed by atoms with Crippen molar-refractivity contribution in [1.82, 2.24) is 14.6 Å². The molecule has 0 radical (unpaired) electrons. The van der Waals surface area contributed by atoms with Crippen LogP contribution in [0.5, 0.6) is 0 Å². The summed E-state index contributed by atoms with van der Waals surface area (Å²) < 4.78 is 6.97. The topological polar surface area (TPSA) is 67.1 Å². The van der Waals surface area contributed by atoms with Gasteiger partial charge in [-0.3, -0.25) is 0 Å². The lowest BCUT2D eigenvalue weighted by Gasteiger charge is -2.21. The predicted molar refractivity (Wildman–Crippen MR) is 69.9 cm³/mol. The third-order valence-corrected chi connectivity index (χ3v) is 4.60. The molecule has 3 aromatic heterocycles. The third kappa shape index (κ3) is 1.52. The second-order valence-electron chi connectivity index (χ2n) is 4.66. The molecule has 0 unspecified atom stereocenters. The Kier molecular flexibility index (Phi) is 2.23. The summed E-state index contributed by atoms with van der Waals surface area (Å²) in [6.45, 7) is 0. The monoisotopic (exact) mass is 270 g/mol. The highest BCUT2D eigenvalue weighted by Crippen LogP contribution is 2.39. The minimum absolute atomic E-state index is 0.451. The maximum atomic E-state index is 9.34. The van der Waals surface area contributed by atoms with Gasteiger partial charge < -0.3 is 4.42 Å². The third-order valence-electron chi connectivity index (χ3n) is 3.53. The summed E-state index contributed by atoms with van der Waals surface area (Å²) in [6.07, 6.45) is 5.25. The van der Waals surface area contributed by atoms with Crippen LogP contribution < -0.4 is 0 Å². The number of aromatic nitrogens is 3. The lowest BCUT2D eigenvalue weighted by atomic mass is 9.86. The molecule has 3 aromatic rings. The van der Waals surface area contributed by atoms with Crippen molar-refractivity contribution in [2.75, 3.05) is 0 Å². The van der Waals surface area contributed by atoms with Crippen molar-refractivity contribution in [2.45, 2.75) is 25.2 Å². The molecular weight excluding hydrogens is 260 g/mol. The molecule has 0 saturated heterocycles. The number of nitrogens with zero attached hydrogens (tertiary/aromatic N) is 4. The zero-order chi connectivity index (χ0) is 12.8. The number of hydrogen-bond donors (Lipinski definition) is 0. The number of nitriles is 1. The van der Waals surface area contributed by atoms with Gasteiger partial charge in [-0.25, -0.2) is 4.98 Å². The molecule has 1 aliphatic rings. The molecule has 0 aliphatic heterocycles. The van der Waals surface area contributed by atoms with E-state index in [1.54, 1.807) is 34.2 Å². The van der Waals surface area contributed by atoms with E-state index in [0.717, 1.165) is 9.97 Å². The standard InChI is InChI=1S/C13H10N4OS/c14-7-9-11(10-5-2-6-18-10)15-13-17(9)16-12(19-13)8-3-1-4-8/h2,5-6,8H,1,3-4H2. The first-order valence-corrected chi connectivity index (χ1v) is 7.02. The van der Waals surface area contributed by atoms with Crippen molar-refractivity contribution in [2.24, 2.45) is 0 Å². The van der Waals surface area contributed by atoms with Crippen molar-refractivity contribution in [3.05, 3.63) is 29.1 Å². The first-order chi connectivity index (χ1) is 9.36. The van der Waals surface area contributed by atoms with Gasteiger partial charge in [0.15, 0.2) is 11.5 Å². The fourth-order valence-corrected chi connectivity index (χ4v) is 3.34. The van der Waals surface area contributed by atoms with Gasteiger partial charge in [0.1, 0.15) is 16.8 Å². The van der Waals surface area contributed by atoms with Crippen LogP contribution in [-0.2, 0) is 0 Å². The van der Waals surface area contributed by atoms with Crippen LogP contribution in [0, 0.1) is 11.3 Å². The molecule has 0 bridgehead atoms. The van der Waals surface area contributed by atoms with E-state index in [2.05, 4.69) is 16.2 Å². The van der Waals surface area contributed by atoms with Crippen LogP contribution in [0.15, 0.2) is 22.8 Å². The van der Waals surface area contributed by atoms with Crippen LogP contribution >= 0.6 is 11.3 Å². The van der Waals surface area contributed by atoms with Crippen LogP contribution in [0.3, 0.4) is 0 Å². The second-order valence-corrected chi connectivity index (χ2v) is 5.65. The molecule has 0 N–H and O–H groups in total. The highest BCUT2D eigenvalue weighted by molar-refractivity contribution is 7.16. The number of hydrogen-bond acceptors (Lipinski definition) is 5. The summed E-state index contributed by atoms with van der Waals surface area (Å²) in [5, 5.41) is 15.0. The summed E-state index contributed by atoms with van der Waals surface area (Å²) in [5.41, 5.74) is 1.03. The van der Waals surface area contributed by atoms with Gasteiger partial charge in [0.25, 0.3) is 0 Å². The summed E-state index contributed by atoms with van der Waals surface area (Å²) in [6, 6.07) is 5.77. The van der Waals surface area contributed by atoms with E-state index in [1.165, 1.54) is 19.3 Å². The molecule has 94 valence electrons. The highest BCUT2D eigenvalue weighted by atomic mass is 32.1. The Bertz CT molecular complexity index is 774. The summed E-state index contributed by atoms with van der Waals surface area (Å²) in [4.78, 5) is 5.26. The molecule has 6 heteroatoms. The Hall–Kier alpha value is -2.13. The van der Waals surface area contributed by atoms with Gasteiger partial charge >= 0.3 is 0 Å². The van der Waals surface area contributed by atoms with Crippen molar-refractivity contribution in [1.29, 1.82) is 5.26 Å². The summed E-state index contributed by atoms with van der Waals surface area (Å²) >= 11 is 1.58. The molecule has 1 saturated carbocycles.